The Morgan fingerprint density at radius 3 is 2.25 bits per heavy atom. The van der Waals surface area contributed by atoms with Gasteiger partial charge in [0.2, 0.25) is 17.8 Å². The topological polar surface area (TPSA) is 86.2 Å². The van der Waals surface area contributed by atoms with E-state index in [9.17, 15) is 0 Å². The molecule has 1 atom stereocenters. The number of aromatic nitrogens is 3. The van der Waals surface area contributed by atoms with E-state index in [1.807, 2.05) is 25.9 Å². The van der Waals surface area contributed by atoms with Crippen LogP contribution >= 0.6 is 0 Å². The Hall–Kier alpha value is -1.63. The molecule has 0 aromatic carbocycles. The summed E-state index contributed by atoms with van der Waals surface area (Å²) in [7, 11) is 3.80. The Bertz CT molecular complexity index is 398. The normalized spacial score (nSPS) is 12.1. The number of nitrogens with zero attached hydrogens (tertiary/aromatic N) is 4. The Balaban J connectivity index is 2.77. The molecule has 0 aliphatic heterocycles. The maximum Gasteiger partial charge on any atom is 0.231 e. The van der Waals surface area contributed by atoms with Crippen molar-refractivity contribution in [2.24, 2.45) is 5.92 Å². The fraction of sp³-hybridized carbons (Fsp3) is 0.769. The van der Waals surface area contributed by atoms with Gasteiger partial charge in [-0.3, -0.25) is 0 Å². The van der Waals surface area contributed by atoms with Gasteiger partial charge in [-0.2, -0.15) is 15.0 Å². The molecule has 0 amide bonds. The molecular formula is C13H26N6O. The van der Waals surface area contributed by atoms with Gasteiger partial charge in [0.25, 0.3) is 0 Å². The minimum absolute atomic E-state index is 0.211. The number of rotatable bonds is 9. The van der Waals surface area contributed by atoms with Crippen LogP contribution in [-0.2, 0) is 0 Å². The minimum Gasteiger partial charge on any atom is -0.396 e. The van der Waals surface area contributed by atoms with Gasteiger partial charge < -0.3 is 20.6 Å². The lowest BCUT2D eigenvalue weighted by Gasteiger charge is -2.16. The molecule has 1 aromatic heterocycles. The summed E-state index contributed by atoms with van der Waals surface area (Å²) in [5.74, 6) is 2.18. The maximum absolute atomic E-state index is 9.01. The summed E-state index contributed by atoms with van der Waals surface area (Å²) in [6.07, 6.45) is 1.80. The van der Waals surface area contributed by atoms with Crippen LogP contribution < -0.4 is 15.5 Å². The third-order valence-corrected chi connectivity index (χ3v) is 3.02. The molecule has 1 rings (SSSR count). The molecule has 0 saturated carbocycles. The molecule has 0 bridgehead atoms. The van der Waals surface area contributed by atoms with E-state index >= 15 is 0 Å². The van der Waals surface area contributed by atoms with E-state index in [0.717, 1.165) is 25.9 Å². The summed E-state index contributed by atoms with van der Waals surface area (Å²) < 4.78 is 0. The Labute approximate surface area is 120 Å². The van der Waals surface area contributed by atoms with Crippen LogP contribution in [0.25, 0.3) is 0 Å². The van der Waals surface area contributed by atoms with Crippen molar-refractivity contribution in [3.8, 4) is 0 Å². The van der Waals surface area contributed by atoms with Crippen molar-refractivity contribution in [3.63, 3.8) is 0 Å². The van der Waals surface area contributed by atoms with E-state index in [1.165, 1.54) is 0 Å². The second kappa shape index (κ2) is 8.52. The first-order chi connectivity index (χ1) is 9.60. The highest BCUT2D eigenvalue weighted by Crippen LogP contribution is 2.13. The molecule has 1 aromatic rings. The molecule has 3 N–H and O–H groups in total. The van der Waals surface area contributed by atoms with Crippen molar-refractivity contribution < 1.29 is 5.11 Å². The zero-order valence-electron chi connectivity index (χ0n) is 12.8. The highest BCUT2D eigenvalue weighted by atomic mass is 16.3. The highest BCUT2D eigenvalue weighted by Gasteiger charge is 2.10. The van der Waals surface area contributed by atoms with Gasteiger partial charge in [0.15, 0.2) is 0 Å². The zero-order valence-corrected chi connectivity index (χ0v) is 12.8. The van der Waals surface area contributed by atoms with Gasteiger partial charge >= 0.3 is 0 Å². The van der Waals surface area contributed by atoms with Crippen molar-refractivity contribution >= 4 is 17.8 Å². The summed E-state index contributed by atoms with van der Waals surface area (Å²) in [5, 5.41) is 15.3. The molecular weight excluding hydrogens is 256 g/mol. The molecule has 20 heavy (non-hydrogen) atoms. The smallest absolute Gasteiger partial charge is 0.231 e. The molecule has 0 aliphatic rings. The fourth-order valence-corrected chi connectivity index (χ4v) is 1.75. The van der Waals surface area contributed by atoms with Crippen molar-refractivity contribution in [1.82, 2.24) is 15.0 Å². The van der Waals surface area contributed by atoms with Crippen LogP contribution in [0.4, 0.5) is 17.8 Å². The molecule has 0 aliphatic carbocycles. The quantitative estimate of drug-likeness (QED) is 0.627. The second-order valence-corrected chi connectivity index (χ2v) is 4.87. The third-order valence-electron chi connectivity index (χ3n) is 3.02. The maximum atomic E-state index is 9.01. The van der Waals surface area contributed by atoms with E-state index in [-0.39, 0.29) is 6.61 Å². The van der Waals surface area contributed by atoms with E-state index in [0.29, 0.717) is 23.8 Å². The van der Waals surface area contributed by atoms with E-state index in [2.05, 4.69) is 32.5 Å². The zero-order chi connectivity index (χ0) is 15.0. The first kappa shape index (κ1) is 16.4. The van der Waals surface area contributed by atoms with Gasteiger partial charge in [-0.1, -0.05) is 13.3 Å². The lowest BCUT2D eigenvalue weighted by atomic mass is 10.0. The standard InChI is InChI=1S/C13H26N6O/c1-5-10(7-8-20)9-15-12-16-11(14-6-2)17-13(18-12)19(3)4/h10,20H,5-9H2,1-4H3,(H2,14,15,16,17,18). The predicted octanol–water partition coefficient (Wildman–Crippen LogP) is 1.19. The molecule has 0 radical (unpaired) electrons. The number of anilines is 3. The van der Waals surface area contributed by atoms with Gasteiger partial charge in [0.05, 0.1) is 0 Å². The number of hydrogen-bond donors (Lipinski definition) is 3. The van der Waals surface area contributed by atoms with Gasteiger partial charge in [-0.05, 0) is 19.3 Å². The monoisotopic (exact) mass is 282 g/mol. The second-order valence-electron chi connectivity index (χ2n) is 4.87. The predicted molar refractivity (Wildman–Crippen MR) is 82.3 cm³/mol. The number of hydrogen-bond acceptors (Lipinski definition) is 7. The molecule has 0 fully saturated rings. The number of aliphatic hydroxyl groups excluding tert-OH is 1. The van der Waals surface area contributed by atoms with E-state index in [4.69, 9.17) is 5.11 Å². The lowest BCUT2D eigenvalue weighted by Crippen LogP contribution is -2.20. The summed E-state index contributed by atoms with van der Waals surface area (Å²) >= 11 is 0. The molecule has 0 spiro atoms. The van der Waals surface area contributed by atoms with Crippen LogP contribution in [0.15, 0.2) is 0 Å². The third kappa shape index (κ3) is 5.16. The molecule has 1 heterocycles. The van der Waals surface area contributed by atoms with E-state index in [1.54, 1.807) is 0 Å². The van der Waals surface area contributed by atoms with Gasteiger partial charge in [-0.25, -0.2) is 0 Å². The average Bonchev–Trinajstić information content (AvgIpc) is 2.43. The van der Waals surface area contributed by atoms with Crippen LogP contribution in [0, 0.1) is 5.92 Å². The van der Waals surface area contributed by atoms with Gasteiger partial charge in [0, 0.05) is 33.8 Å². The first-order valence-corrected chi connectivity index (χ1v) is 7.12. The van der Waals surface area contributed by atoms with Gasteiger partial charge in [-0.15, -0.1) is 0 Å². The average molecular weight is 282 g/mol. The number of aliphatic hydroxyl groups is 1. The van der Waals surface area contributed by atoms with Crippen LogP contribution in [-0.4, -0.2) is 53.9 Å². The Morgan fingerprint density at radius 1 is 1.10 bits per heavy atom. The molecule has 0 saturated heterocycles. The first-order valence-electron chi connectivity index (χ1n) is 7.12. The Morgan fingerprint density at radius 2 is 1.75 bits per heavy atom. The Kier molecular flexibility index (Phi) is 7.00. The number of nitrogens with one attached hydrogen (secondary N) is 2. The van der Waals surface area contributed by atoms with Gasteiger partial charge in [0.1, 0.15) is 0 Å². The van der Waals surface area contributed by atoms with Crippen molar-refractivity contribution in [3.05, 3.63) is 0 Å². The van der Waals surface area contributed by atoms with Crippen molar-refractivity contribution in [2.75, 3.05) is 49.3 Å². The molecule has 7 heteroatoms. The van der Waals surface area contributed by atoms with Crippen LogP contribution in [0.5, 0.6) is 0 Å². The van der Waals surface area contributed by atoms with Crippen LogP contribution in [0.3, 0.4) is 0 Å². The molecule has 114 valence electrons. The fourth-order valence-electron chi connectivity index (χ4n) is 1.75. The van der Waals surface area contributed by atoms with E-state index < -0.39 is 0 Å². The lowest BCUT2D eigenvalue weighted by molar-refractivity contribution is 0.258. The van der Waals surface area contributed by atoms with Crippen molar-refractivity contribution in [1.29, 1.82) is 0 Å². The SMILES string of the molecule is CCNc1nc(NCC(CC)CCO)nc(N(C)C)n1. The molecule has 1 unspecified atom stereocenters. The molecule has 7 nitrogen and oxygen atoms in total. The summed E-state index contributed by atoms with van der Waals surface area (Å²) in [4.78, 5) is 14.9. The summed E-state index contributed by atoms with van der Waals surface area (Å²) in [6, 6.07) is 0. The van der Waals surface area contributed by atoms with Crippen LogP contribution in [0.2, 0.25) is 0 Å². The summed E-state index contributed by atoms with van der Waals surface area (Å²) in [6.45, 7) is 5.84. The van der Waals surface area contributed by atoms with Crippen LogP contribution in [0.1, 0.15) is 26.7 Å². The minimum atomic E-state index is 0.211. The summed E-state index contributed by atoms with van der Waals surface area (Å²) in [5.41, 5.74) is 0. The highest BCUT2D eigenvalue weighted by molar-refractivity contribution is 5.42. The van der Waals surface area contributed by atoms with Crippen molar-refractivity contribution in [2.45, 2.75) is 26.7 Å². The largest absolute Gasteiger partial charge is 0.396 e.